The van der Waals surface area contributed by atoms with E-state index in [1.54, 1.807) is 10.7 Å². The summed E-state index contributed by atoms with van der Waals surface area (Å²) in [7, 11) is 1.81. The minimum absolute atomic E-state index is 0.0968. The highest BCUT2D eigenvalue weighted by Gasteiger charge is 2.17. The van der Waals surface area contributed by atoms with Gasteiger partial charge in [-0.1, -0.05) is 24.3 Å². The van der Waals surface area contributed by atoms with Gasteiger partial charge in [0.05, 0.1) is 5.52 Å². The number of ketones is 1. The van der Waals surface area contributed by atoms with Crippen LogP contribution in [0, 0.1) is 12.7 Å². The molecule has 0 aliphatic heterocycles. The third kappa shape index (κ3) is 2.44. The first-order chi connectivity index (χ1) is 10.1. The summed E-state index contributed by atoms with van der Waals surface area (Å²) in [5.74, 6) is -0.422. The molecule has 106 valence electrons. The molecule has 0 unspecified atom stereocenters. The van der Waals surface area contributed by atoms with Crippen molar-refractivity contribution >= 4 is 16.7 Å². The minimum atomic E-state index is -0.325. The van der Waals surface area contributed by atoms with Crippen molar-refractivity contribution in [3.63, 3.8) is 0 Å². The van der Waals surface area contributed by atoms with E-state index in [2.05, 4.69) is 5.10 Å². The Morgan fingerprint density at radius 2 is 2.00 bits per heavy atom. The van der Waals surface area contributed by atoms with E-state index >= 15 is 0 Å². The summed E-state index contributed by atoms with van der Waals surface area (Å²) in [6.45, 7) is 1.87. The van der Waals surface area contributed by atoms with Crippen LogP contribution in [0.15, 0.2) is 42.5 Å². The van der Waals surface area contributed by atoms with Crippen molar-refractivity contribution in [2.45, 2.75) is 13.3 Å². The minimum Gasteiger partial charge on any atom is -0.292 e. The molecule has 0 N–H and O–H groups in total. The fraction of sp³-hybridized carbons (Fsp3) is 0.176. The maximum Gasteiger partial charge on any atom is 0.188 e. The fourth-order valence-corrected chi connectivity index (χ4v) is 2.51. The number of aromatic nitrogens is 2. The van der Waals surface area contributed by atoms with E-state index in [9.17, 15) is 9.18 Å². The monoisotopic (exact) mass is 282 g/mol. The van der Waals surface area contributed by atoms with Crippen LogP contribution in [0.5, 0.6) is 0 Å². The number of para-hydroxylation sites is 1. The third-order valence-corrected chi connectivity index (χ3v) is 3.68. The molecular weight excluding hydrogens is 267 g/mol. The highest BCUT2D eigenvalue weighted by Crippen LogP contribution is 2.20. The number of nitrogens with zero attached hydrogens (tertiary/aromatic N) is 2. The summed E-state index contributed by atoms with van der Waals surface area (Å²) in [5.41, 5.74) is 2.97. The van der Waals surface area contributed by atoms with Gasteiger partial charge in [-0.2, -0.15) is 5.10 Å². The average molecular weight is 282 g/mol. The zero-order chi connectivity index (χ0) is 15.0. The van der Waals surface area contributed by atoms with Crippen LogP contribution in [0.3, 0.4) is 0 Å². The van der Waals surface area contributed by atoms with E-state index in [0.717, 1.165) is 16.5 Å². The van der Waals surface area contributed by atoms with Gasteiger partial charge in [-0.3, -0.25) is 9.48 Å². The normalized spacial score (nSPS) is 11.0. The lowest BCUT2D eigenvalue weighted by molar-refractivity contribution is 0.0989. The van der Waals surface area contributed by atoms with Crippen LogP contribution in [-0.2, 0) is 13.5 Å². The van der Waals surface area contributed by atoms with E-state index in [-0.39, 0.29) is 18.0 Å². The molecule has 0 spiro atoms. The summed E-state index contributed by atoms with van der Waals surface area (Å²) in [6.07, 6.45) is 0.157. The summed E-state index contributed by atoms with van der Waals surface area (Å²) in [5, 5.41) is 5.14. The van der Waals surface area contributed by atoms with Crippen LogP contribution in [-0.4, -0.2) is 15.6 Å². The molecule has 1 heterocycles. The SMILES string of the molecule is Cc1ccc(F)cc1CC(=O)c1nn(C)c2ccccc12. The predicted molar refractivity (Wildman–Crippen MR) is 79.9 cm³/mol. The number of aryl methyl sites for hydroxylation is 2. The van der Waals surface area contributed by atoms with E-state index in [0.29, 0.717) is 11.3 Å². The van der Waals surface area contributed by atoms with Gasteiger partial charge in [-0.05, 0) is 36.2 Å². The summed E-state index contributed by atoms with van der Waals surface area (Å²) in [6, 6.07) is 12.1. The predicted octanol–water partition coefficient (Wildman–Crippen LogP) is 3.45. The Bertz CT molecular complexity index is 836. The fourth-order valence-electron chi connectivity index (χ4n) is 2.51. The largest absolute Gasteiger partial charge is 0.292 e. The molecule has 0 atom stereocenters. The van der Waals surface area contributed by atoms with Crippen molar-refractivity contribution in [1.29, 1.82) is 0 Å². The lowest BCUT2D eigenvalue weighted by Crippen LogP contribution is -2.07. The Balaban J connectivity index is 2.00. The van der Waals surface area contributed by atoms with Crippen LogP contribution in [0.4, 0.5) is 4.39 Å². The van der Waals surface area contributed by atoms with Gasteiger partial charge in [0.25, 0.3) is 0 Å². The van der Waals surface area contributed by atoms with E-state index in [1.807, 2.05) is 38.2 Å². The molecule has 0 fully saturated rings. The number of halogens is 1. The van der Waals surface area contributed by atoms with Crippen molar-refractivity contribution < 1.29 is 9.18 Å². The average Bonchev–Trinajstić information content (AvgIpc) is 2.81. The molecule has 3 aromatic rings. The van der Waals surface area contributed by atoms with Gasteiger partial charge in [0.1, 0.15) is 11.5 Å². The Hall–Kier alpha value is -2.49. The van der Waals surface area contributed by atoms with Crippen molar-refractivity contribution in [3.05, 3.63) is 65.1 Å². The number of carbonyl (C=O) groups excluding carboxylic acids is 1. The number of fused-ring (bicyclic) bond motifs is 1. The number of Topliss-reactive ketones (excluding diaryl/α,β-unsaturated/α-hetero) is 1. The zero-order valence-electron chi connectivity index (χ0n) is 11.9. The standard InChI is InChI=1S/C17H15FN2O/c1-11-7-8-13(18)9-12(11)10-16(21)17-14-5-3-4-6-15(14)20(2)19-17/h3-9H,10H2,1-2H3. The zero-order valence-corrected chi connectivity index (χ0v) is 11.9. The van der Waals surface area contributed by atoms with Gasteiger partial charge in [-0.15, -0.1) is 0 Å². The van der Waals surface area contributed by atoms with Gasteiger partial charge in [0.15, 0.2) is 5.78 Å². The quantitative estimate of drug-likeness (QED) is 0.690. The molecule has 0 bridgehead atoms. The second-order valence-corrected chi connectivity index (χ2v) is 5.16. The van der Waals surface area contributed by atoms with Crippen molar-refractivity contribution in [1.82, 2.24) is 9.78 Å². The van der Waals surface area contributed by atoms with Crippen molar-refractivity contribution in [2.24, 2.45) is 7.05 Å². The molecule has 3 rings (SSSR count). The van der Waals surface area contributed by atoms with Gasteiger partial charge < -0.3 is 0 Å². The Morgan fingerprint density at radius 1 is 1.24 bits per heavy atom. The van der Waals surface area contributed by atoms with Gasteiger partial charge in [-0.25, -0.2) is 4.39 Å². The molecule has 0 saturated heterocycles. The second kappa shape index (κ2) is 5.13. The first kappa shape index (κ1) is 13.5. The molecule has 3 nitrogen and oxygen atoms in total. The highest BCUT2D eigenvalue weighted by molar-refractivity contribution is 6.06. The summed E-state index contributed by atoms with van der Waals surface area (Å²) in [4.78, 5) is 12.5. The number of rotatable bonds is 3. The molecule has 0 radical (unpaired) electrons. The van der Waals surface area contributed by atoms with E-state index in [4.69, 9.17) is 0 Å². The second-order valence-electron chi connectivity index (χ2n) is 5.16. The lowest BCUT2D eigenvalue weighted by atomic mass is 10.0. The molecule has 0 saturated carbocycles. The molecule has 21 heavy (non-hydrogen) atoms. The van der Waals surface area contributed by atoms with Crippen LogP contribution in [0.1, 0.15) is 21.6 Å². The van der Waals surface area contributed by atoms with Crippen LogP contribution < -0.4 is 0 Å². The molecule has 0 aliphatic rings. The number of carbonyl (C=O) groups is 1. The Labute approximate surface area is 122 Å². The smallest absolute Gasteiger partial charge is 0.188 e. The van der Waals surface area contributed by atoms with Crippen LogP contribution in [0.2, 0.25) is 0 Å². The number of hydrogen-bond donors (Lipinski definition) is 0. The Morgan fingerprint density at radius 3 is 2.81 bits per heavy atom. The van der Waals surface area contributed by atoms with Gasteiger partial charge in [0.2, 0.25) is 0 Å². The number of benzene rings is 2. The molecule has 0 aliphatic carbocycles. The third-order valence-electron chi connectivity index (χ3n) is 3.68. The lowest BCUT2D eigenvalue weighted by Gasteiger charge is -2.04. The first-order valence-electron chi connectivity index (χ1n) is 6.76. The topological polar surface area (TPSA) is 34.9 Å². The van der Waals surface area contributed by atoms with Crippen molar-refractivity contribution in [3.8, 4) is 0 Å². The van der Waals surface area contributed by atoms with E-state index < -0.39 is 0 Å². The molecule has 0 amide bonds. The highest BCUT2D eigenvalue weighted by atomic mass is 19.1. The molecular formula is C17H15FN2O. The molecule has 4 heteroatoms. The van der Waals surface area contributed by atoms with Crippen LogP contribution in [0.25, 0.3) is 10.9 Å². The Kier molecular flexibility index (Phi) is 3.29. The summed E-state index contributed by atoms with van der Waals surface area (Å²) < 4.78 is 15.0. The first-order valence-corrected chi connectivity index (χ1v) is 6.76. The van der Waals surface area contributed by atoms with Gasteiger partial charge >= 0.3 is 0 Å². The number of hydrogen-bond acceptors (Lipinski definition) is 2. The summed E-state index contributed by atoms with van der Waals surface area (Å²) >= 11 is 0. The van der Waals surface area contributed by atoms with Crippen LogP contribution >= 0.6 is 0 Å². The van der Waals surface area contributed by atoms with E-state index in [1.165, 1.54) is 12.1 Å². The maximum atomic E-state index is 13.3. The molecule has 2 aromatic carbocycles. The maximum absolute atomic E-state index is 13.3. The molecule has 1 aromatic heterocycles. The van der Waals surface area contributed by atoms with Gasteiger partial charge in [0, 0.05) is 18.9 Å². The van der Waals surface area contributed by atoms with Crippen molar-refractivity contribution in [2.75, 3.05) is 0 Å².